The zero-order chi connectivity index (χ0) is 49.2. The lowest BCUT2D eigenvalue weighted by molar-refractivity contribution is 0.270. The van der Waals surface area contributed by atoms with E-state index in [1.54, 1.807) is 0 Å². The smallest absolute Gasteiger partial charge is 0.123 e. The molecule has 3 aromatic rings. The molecule has 4 aliphatic rings. The minimum Gasteiger partial charge on any atom is -0.493 e. The molecule has 4 fully saturated rings. The SMILES string of the molecule is CCC(=N)N(CCCOc1cc(/C=C/c2ccc(/C=C/c3cc(OCCCN(C(=N)CC)C4CC4)cc(OCCCN(C(=N)CC)C4CC4)c3)cc2)cc(OCCCN(C(=N)CC)C2CC2)c1)C1CC1. The van der Waals surface area contributed by atoms with Crippen LogP contribution in [0.4, 0.5) is 0 Å². The van der Waals surface area contributed by atoms with Gasteiger partial charge in [0.25, 0.3) is 0 Å². The Morgan fingerprint density at radius 2 is 0.614 bits per heavy atom. The van der Waals surface area contributed by atoms with E-state index >= 15 is 0 Å². The molecule has 0 aliphatic heterocycles. The molecule has 0 atom stereocenters. The summed E-state index contributed by atoms with van der Waals surface area (Å²) < 4.78 is 25.4. The molecule has 0 amide bonds. The fourth-order valence-corrected chi connectivity index (χ4v) is 9.02. The quantitative estimate of drug-likeness (QED) is 0.0209. The molecular formula is C58H82N8O4. The zero-order valence-electron chi connectivity index (χ0n) is 42.8. The highest BCUT2D eigenvalue weighted by atomic mass is 16.5. The maximum atomic E-state index is 8.42. The van der Waals surface area contributed by atoms with Gasteiger partial charge in [0.05, 0.1) is 49.8 Å². The molecule has 0 heterocycles. The van der Waals surface area contributed by atoms with Gasteiger partial charge in [0, 0.05) is 88.2 Å². The van der Waals surface area contributed by atoms with Gasteiger partial charge >= 0.3 is 0 Å². The molecule has 4 saturated carbocycles. The van der Waals surface area contributed by atoms with Crippen molar-refractivity contribution in [1.82, 2.24) is 19.6 Å². The third-order valence-electron chi connectivity index (χ3n) is 13.6. The minimum absolute atomic E-state index is 0.522. The summed E-state index contributed by atoms with van der Waals surface area (Å²) >= 11 is 0. The maximum absolute atomic E-state index is 8.42. The first-order valence-electron chi connectivity index (χ1n) is 26.8. The van der Waals surface area contributed by atoms with Crippen LogP contribution in [0.3, 0.4) is 0 Å². The maximum Gasteiger partial charge on any atom is 0.123 e. The summed E-state index contributed by atoms with van der Waals surface area (Å²) in [7, 11) is 0. The highest BCUT2D eigenvalue weighted by Crippen LogP contribution is 2.32. The van der Waals surface area contributed by atoms with E-state index in [1.807, 2.05) is 12.1 Å². The molecule has 3 aromatic carbocycles. The largest absolute Gasteiger partial charge is 0.493 e. The van der Waals surface area contributed by atoms with Gasteiger partial charge in [0.15, 0.2) is 0 Å². The van der Waals surface area contributed by atoms with Crippen LogP contribution in [0.2, 0.25) is 0 Å². The summed E-state index contributed by atoms with van der Waals surface area (Å²) in [6.45, 7) is 13.9. The standard InChI is InChI=1S/C58H82N8O4/c1-5-55(59)63(47-21-22-47)29-9-33-67-51-37-45(38-52(41-51)68-34-10-30-64(48-23-24-48)56(60)6-2)19-17-43-13-15-44(16-14-43)18-20-46-39-53(69-35-11-31-65(49-25-26-49)57(61)7-3)42-54(40-46)70-36-12-32-66(50-27-28-50)58(62)8-4/h13-20,37-42,47-50,59-62H,5-12,21-36H2,1-4H3/b19-17+,20-18+,59-55?,60-56?,61-57?,62-58?. The van der Waals surface area contributed by atoms with E-state index in [-0.39, 0.29) is 0 Å². The lowest BCUT2D eigenvalue weighted by Crippen LogP contribution is -2.33. The van der Waals surface area contributed by atoms with Gasteiger partial charge in [0.1, 0.15) is 23.0 Å². The molecule has 12 heteroatoms. The second-order valence-electron chi connectivity index (χ2n) is 19.5. The second kappa shape index (κ2) is 26.4. The Kier molecular flexibility index (Phi) is 19.7. The van der Waals surface area contributed by atoms with Crippen molar-refractivity contribution >= 4 is 47.6 Å². The number of hydrogen-bond donors (Lipinski definition) is 4. The first-order chi connectivity index (χ1) is 34.1. The molecule has 7 rings (SSSR count). The van der Waals surface area contributed by atoms with Gasteiger partial charge in [-0.15, -0.1) is 0 Å². The van der Waals surface area contributed by atoms with Crippen LogP contribution < -0.4 is 18.9 Å². The fourth-order valence-electron chi connectivity index (χ4n) is 9.02. The van der Waals surface area contributed by atoms with Gasteiger partial charge in [0.2, 0.25) is 0 Å². The Morgan fingerprint density at radius 3 is 0.829 bits per heavy atom. The Bertz CT molecular complexity index is 1970. The third-order valence-corrected chi connectivity index (χ3v) is 13.6. The van der Waals surface area contributed by atoms with Crippen LogP contribution in [0, 0.1) is 21.6 Å². The van der Waals surface area contributed by atoms with Gasteiger partial charge in [-0.3, -0.25) is 21.6 Å². The number of nitrogens with zero attached hydrogens (tertiary/aromatic N) is 4. The number of ether oxygens (including phenoxy) is 4. The molecule has 0 bridgehead atoms. The number of benzene rings is 3. The molecule has 70 heavy (non-hydrogen) atoms. The average Bonchev–Trinajstić information content (AvgIpc) is 4.14. The van der Waals surface area contributed by atoms with E-state index in [0.717, 1.165) is 146 Å². The lowest BCUT2D eigenvalue weighted by Gasteiger charge is -2.24. The summed E-state index contributed by atoms with van der Waals surface area (Å²) in [5.74, 6) is 6.00. The predicted molar refractivity (Wildman–Crippen MR) is 289 cm³/mol. The van der Waals surface area contributed by atoms with Crippen LogP contribution in [-0.2, 0) is 0 Å². The zero-order valence-corrected chi connectivity index (χ0v) is 42.8. The van der Waals surface area contributed by atoms with Crippen molar-refractivity contribution in [2.75, 3.05) is 52.6 Å². The van der Waals surface area contributed by atoms with E-state index in [1.165, 1.54) is 51.4 Å². The van der Waals surface area contributed by atoms with E-state index in [2.05, 4.69) is 120 Å². The molecule has 4 aliphatic carbocycles. The van der Waals surface area contributed by atoms with E-state index in [9.17, 15) is 0 Å². The van der Waals surface area contributed by atoms with E-state index in [0.29, 0.717) is 50.6 Å². The first kappa shape index (κ1) is 52.1. The fraction of sp³-hybridized carbons (Fsp3) is 0.552. The van der Waals surface area contributed by atoms with Crippen LogP contribution >= 0.6 is 0 Å². The van der Waals surface area contributed by atoms with E-state index in [4.69, 9.17) is 40.6 Å². The van der Waals surface area contributed by atoms with Crippen molar-refractivity contribution in [3.8, 4) is 23.0 Å². The first-order valence-corrected chi connectivity index (χ1v) is 26.8. The normalized spacial score (nSPS) is 15.5. The number of nitrogens with one attached hydrogen (secondary N) is 4. The molecule has 4 N–H and O–H groups in total. The molecule has 0 spiro atoms. The van der Waals surface area contributed by atoms with Crippen molar-refractivity contribution in [3.63, 3.8) is 0 Å². The second-order valence-corrected chi connectivity index (χ2v) is 19.5. The number of hydrogen-bond acceptors (Lipinski definition) is 8. The van der Waals surface area contributed by atoms with Crippen molar-refractivity contribution in [3.05, 3.63) is 82.9 Å². The monoisotopic (exact) mass is 955 g/mol. The predicted octanol–water partition coefficient (Wildman–Crippen LogP) is 12.5. The Labute approximate surface area is 419 Å². The van der Waals surface area contributed by atoms with Crippen LogP contribution in [0.15, 0.2) is 60.7 Å². The molecule has 0 unspecified atom stereocenters. The highest BCUT2D eigenvalue weighted by Gasteiger charge is 2.32. The third kappa shape index (κ3) is 16.7. The van der Waals surface area contributed by atoms with Gasteiger partial charge in [-0.05, 0) is 124 Å². The van der Waals surface area contributed by atoms with Crippen LogP contribution in [0.5, 0.6) is 23.0 Å². The number of rotatable bonds is 32. The van der Waals surface area contributed by atoms with Crippen molar-refractivity contribution in [2.24, 2.45) is 0 Å². The van der Waals surface area contributed by atoms with Gasteiger partial charge < -0.3 is 38.5 Å². The van der Waals surface area contributed by atoms with Crippen LogP contribution in [-0.4, -0.2) is 120 Å². The topological polar surface area (TPSA) is 145 Å². The molecule has 0 saturated heterocycles. The summed E-state index contributed by atoms with van der Waals surface area (Å²) in [6, 6.07) is 22.9. The molecule has 12 nitrogen and oxygen atoms in total. The minimum atomic E-state index is 0.522. The number of amidine groups is 4. The molecular weight excluding hydrogens is 873 g/mol. The highest BCUT2D eigenvalue weighted by molar-refractivity contribution is 5.81. The van der Waals surface area contributed by atoms with Gasteiger partial charge in [-0.1, -0.05) is 76.3 Å². The Balaban J connectivity index is 0.979. The van der Waals surface area contributed by atoms with Crippen molar-refractivity contribution in [1.29, 1.82) is 21.6 Å². The summed E-state index contributed by atoms with van der Waals surface area (Å²) in [5, 5.41) is 33.7. The summed E-state index contributed by atoms with van der Waals surface area (Å²) in [6.07, 6.45) is 24.3. The van der Waals surface area contributed by atoms with Gasteiger partial charge in [-0.2, -0.15) is 0 Å². The Morgan fingerprint density at radius 1 is 0.386 bits per heavy atom. The van der Waals surface area contributed by atoms with Crippen LogP contribution in [0.25, 0.3) is 24.3 Å². The van der Waals surface area contributed by atoms with Crippen LogP contribution in [0.1, 0.15) is 153 Å². The van der Waals surface area contributed by atoms with Gasteiger partial charge in [-0.25, -0.2) is 0 Å². The molecule has 0 radical (unpaired) electrons. The summed E-state index contributed by atoms with van der Waals surface area (Å²) in [5.41, 5.74) is 4.16. The van der Waals surface area contributed by atoms with Crippen molar-refractivity contribution < 1.29 is 18.9 Å². The summed E-state index contributed by atoms with van der Waals surface area (Å²) in [4.78, 5) is 9.01. The molecule has 378 valence electrons. The van der Waals surface area contributed by atoms with E-state index < -0.39 is 0 Å². The average molecular weight is 955 g/mol. The Hall–Kier alpha value is -5.78. The van der Waals surface area contributed by atoms with Crippen molar-refractivity contribution in [2.45, 2.75) is 155 Å². The lowest BCUT2D eigenvalue weighted by atomic mass is 10.1. The molecule has 0 aromatic heterocycles.